The van der Waals surface area contributed by atoms with Gasteiger partial charge in [0.25, 0.3) is 0 Å². The standard InChI is InChI=1S/C13H17ClO3/c1-8-5-6-17-13(8)12(15)9-3-4-10(14)11(7-9)16-2/h3-4,7-8,12-13,15H,5-6H2,1-2H3. The fraction of sp³-hybridized carbons (Fsp3) is 0.538. The molecule has 94 valence electrons. The van der Waals surface area contributed by atoms with E-state index in [4.69, 9.17) is 21.1 Å². The zero-order valence-corrected chi connectivity index (χ0v) is 10.8. The zero-order valence-electron chi connectivity index (χ0n) is 10.0. The van der Waals surface area contributed by atoms with Gasteiger partial charge < -0.3 is 14.6 Å². The van der Waals surface area contributed by atoms with Gasteiger partial charge in [0.1, 0.15) is 11.9 Å². The smallest absolute Gasteiger partial charge is 0.137 e. The van der Waals surface area contributed by atoms with Crippen LogP contribution in [0.3, 0.4) is 0 Å². The van der Waals surface area contributed by atoms with Gasteiger partial charge in [0.05, 0.1) is 18.2 Å². The first-order chi connectivity index (χ1) is 8.13. The molecular weight excluding hydrogens is 240 g/mol. The van der Waals surface area contributed by atoms with Crippen molar-refractivity contribution in [2.24, 2.45) is 5.92 Å². The van der Waals surface area contributed by atoms with Crippen LogP contribution in [0.5, 0.6) is 5.75 Å². The maximum atomic E-state index is 10.3. The van der Waals surface area contributed by atoms with Crippen molar-refractivity contribution in [1.82, 2.24) is 0 Å². The number of ether oxygens (including phenoxy) is 2. The first-order valence-electron chi connectivity index (χ1n) is 5.76. The molecule has 1 heterocycles. The second-order valence-corrected chi connectivity index (χ2v) is 4.85. The van der Waals surface area contributed by atoms with Crippen LogP contribution in [0.4, 0.5) is 0 Å². The van der Waals surface area contributed by atoms with E-state index < -0.39 is 6.10 Å². The number of hydrogen-bond acceptors (Lipinski definition) is 3. The van der Waals surface area contributed by atoms with Crippen molar-refractivity contribution in [3.05, 3.63) is 28.8 Å². The van der Waals surface area contributed by atoms with E-state index in [2.05, 4.69) is 6.92 Å². The Kier molecular flexibility index (Phi) is 3.92. The number of methoxy groups -OCH3 is 1. The Balaban J connectivity index is 2.21. The summed E-state index contributed by atoms with van der Waals surface area (Å²) < 4.78 is 10.7. The van der Waals surface area contributed by atoms with Gasteiger partial charge in [-0.05, 0) is 30.0 Å². The monoisotopic (exact) mass is 256 g/mol. The Bertz CT molecular complexity index is 394. The average molecular weight is 257 g/mol. The fourth-order valence-corrected chi connectivity index (χ4v) is 2.37. The lowest BCUT2D eigenvalue weighted by Crippen LogP contribution is -2.23. The van der Waals surface area contributed by atoms with Crippen LogP contribution >= 0.6 is 11.6 Å². The molecule has 1 N–H and O–H groups in total. The number of hydrogen-bond donors (Lipinski definition) is 1. The molecule has 0 aliphatic carbocycles. The Morgan fingerprint density at radius 3 is 2.88 bits per heavy atom. The van der Waals surface area contributed by atoms with Crippen molar-refractivity contribution in [2.45, 2.75) is 25.6 Å². The number of aliphatic hydroxyl groups excluding tert-OH is 1. The minimum Gasteiger partial charge on any atom is -0.495 e. The van der Waals surface area contributed by atoms with Gasteiger partial charge in [-0.3, -0.25) is 0 Å². The molecule has 1 aromatic carbocycles. The Labute approximate surface area is 106 Å². The van der Waals surface area contributed by atoms with E-state index in [1.165, 1.54) is 0 Å². The van der Waals surface area contributed by atoms with Crippen LogP contribution in [0.15, 0.2) is 18.2 Å². The summed E-state index contributed by atoms with van der Waals surface area (Å²) in [6.07, 6.45) is 0.228. The first kappa shape index (κ1) is 12.7. The summed E-state index contributed by atoms with van der Waals surface area (Å²) in [7, 11) is 1.56. The SMILES string of the molecule is COc1cc(C(O)C2OCCC2C)ccc1Cl. The van der Waals surface area contributed by atoms with Crippen molar-refractivity contribution in [1.29, 1.82) is 0 Å². The highest BCUT2D eigenvalue weighted by atomic mass is 35.5. The van der Waals surface area contributed by atoms with Crippen LogP contribution in [0, 0.1) is 5.92 Å². The Morgan fingerprint density at radius 2 is 2.29 bits per heavy atom. The molecule has 1 fully saturated rings. The molecule has 3 atom stereocenters. The molecule has 0 aromatic heterocycles. The molecule has 4 heteroatoms. The number of aliphatic hydroxyl groups is 1. The van der Waals surface area contributed by atoms with Gasteiger partial charge in [-0.25, -0.2) is 0 Å². The minimum absolute atomic E-state index is 0.138. The maximum Gasteiger partial charge on any atom is 0.137 e. The lowest BCUT2D eigenvalue weighted by Gasteiger charge is -2.22. The molecule has 0 bridgehead atoms. The fourth-order valence-electron chi connectivity index (χ4n) is 2.17. The predicted octanol–water partition coefficient (Wildman–Crippen LogP) is 2.81. The molecule has 0 saturated carbocycles. The molecule has 3 nitrogen and oxygen atoms in total. The van der Waals surface area contributed by atoms with Crippen LogP contribution in [0.1, 0.15) is 25.0 Å². The molecular formula is C13H17ClO3. The molecule has 17 heavy (non-hydrogen) atoms. The number of benzene rings is 1. The van der Waals surface area contributed by atoms with E-state index >= 15 is 0 Å². The van der Waals surface area contributed by atoms with Crippen molar-refractivity contribution in [2.75, 3.05) is 13.7 Å². The summed E-state index contributed by atoms with van der Waals surface area (Å²) in [5.41, 5.74) is 0.782. The van der Waals surface area contributed by atoms with Gasteiger partial charge in [-0.1, -0.05) is 24.6 Å². The molecule has 1 saturated heterocycles. The second-order valence-electron chi connectivity index (χ2n) is 4.44. The van der Waals surface area contributed by atoms with E-state index in [-0.39, 0.29) is 6.10 Å². The Morgan fingerprint density at radius 1 is 1.53 bits per heavy atom. The number of rotatable bonds is 3. The van der Waals surface area contributed by atoms with E-state index in [0.717, 1.165) is 12.0 Å². The summed E-state index contributed by atoms with van der Waals surface area (Å²) >= 11 is 5.95. The highest BCUT2D eigenvalue weighted by molar-refractivity contribution is 6.32. The molecule has 3 unspecified atom stereocenters. The zero-order chi connectivity index (χ0) is 12.4. The maximum absolute atomic E-state index is 10.3. The lowest BCUT2D eigenvalue weighted by molar-refractivity contribution is -0.0178. The highest BCUT2D eigenvalue weighted by Crippen LogP contribution is 2.34. The van der Waals surface area contributed by atoms with Gasteiger partial charge in [0.2, 0.25) is 0 Å². The van der Waals surface area contributed by atoms with E-state index in [9.17, 15) is 5.11 Å². The highest BCUT2D eigenvalue weighted by Gasteiger charge is 2.32. The molecule has 2 rings (SSSR count). The average Bonchev–Trinajstić information content (AvgIpc) is 2.75. The summed E-state index contributed by atoms with van der Waals surface area (Å²) in [5, 5.41) is 10.8. The number of halogens is 1. The molecule has 1 aliphatic rings. The first-order valence-corrected chi connectivity index (χ1v) is 6.14. The molecule has 1 aromatic rings. The molecule has 1 aliphatic heterocycles. The second kappa shape index (κ2) is 5.25. The molecule has 0 amide bonds. The topological polar surface area (TPSA) is 38.7 Å². The van der Waals surface area contributed by atoms with E-state index in [1.54, 1.807) is 19.2 Å². The van der Waals surface area contributed by atoms with Crippen LogP contribution < -0.4 is 4.74 Å². The summed E-state index contributed by atoms with van der Waals surface area (Å²) in [4.78, 5) is 0. The third-order valence-electron chi connectivity index (χ3n) is 3.27. The van der Waals surface area contributed by atoms with Crippen molar-refractivity contribution >= 4 is 11.6 Å². The summed E-state index contributed by atoms with van der Waals surface area (Å²) in [6, 6.07) is 5.31. The van der Waals surface area contributed by atoms with Crippen LogP contribution in [-0.2, 0) is 4.74 Å². The Hall–Kier alpha value is -0.770. The summed E-state index contributed by atoms with van der Waals surface area (Å²) in [5.74, 6) is 0.945. The minimum atomic E-state index is -0.626. The van der Waals surface area contributed by atoms with Gasteiger partial charge in [0.15, 0.2) is 0 Å². The van der Waals surface area contributed by atoms with Crippen LogP contribution in [0.2, 0.25) is 5.02 Å². The third kappa shape index (κ3) is 2.57. The van der Waals surface area contributed by atoms with Crippen molar-refractivity contribution in [3.8, 4) is 5.75 Å². The van der Waals surface area contributed by atoms with Crippen molar-refractivity contribution in [3.63, 3.8) is 0 Å². The van der Waals surface area contributed by atoms with Crippen molar-refractivity contribution < 1.29 is 14.6 Å². The van der Waals surface area contributed by atoms with E-state index in [0.29, 0.717) is 23.3 Å². The quantitative estimate of drug-likeness (QED) is 0.904. The van der Waals surface area contributed by atoms with Gasteiger partial charge in [-0.15, -0.1) is 0 Å². The van der Waals surface area contributed by atoms with Gasteiger partial charge >= 0.3 is 0 Å². The van der Waals surface area contributed by atoms with Crippen LogP contribution in [0.25, 0.3) is 0 Å². The molecule has 0 spiro atoms. The van der Waals surface area contributed by atoms with Crippen LogP contribution in [-0.4, -0.2) is 24.9 Å². The predicted molar refractivity (Wildman–Crippen MR) is 66.5 cm³/mol. The van der Waals surface area contributed by atoms with E-state index in [1.807, 2.05) is 6.07 Å². The normalized spacial score (nSPS) is 25.9. The largest absolute Gasteiger partial charge is 0.495 e. The van der Waals surface area contributed by atoms with Gasteiger partial charge in [-0.2, -0.15) is 0 Å². The van der Waals surface area contributed by atoms with Gasteiger partial charge in [0, 0.05) is 6.61 Å². The lowest BCUT2D eigenvalue weighted by atomic mass is 9.95. The third-order valence-corrected chi connectivity index (χ3v) is 3.58. The molecule has 0 radical (unpaired) electrons. The summed E-state index contributed by atoms with van der Waals surface area (Å²) in [6.45, 7) is 2.81.